The molecule has 4 heterocycles. The summed E-state index contributed by atoms with van der Waals surface area (Å²) < 4.78 is 2.72. The van der Waals surface area contributed by atoms with E-state index >= 15 is 0 Å². The van der Waals surface area contributed by atoms with E-state index in [9.17, 15) is 24.3 Å². The SMILES string of the molecule is NCc1ccc2nc(N)[nH]c2c1.Nc1nc2ccc(CNC(=O)Cn3c(-c4ccccc4)ncc(CCCc4ccccc4)c3=O)cc2[nH]1.O=C(O)Cn1c(-c2ccccc2)ncc(CCCc2ccccc2)c1=O. The molecular weight excluding hydrogens is 945 g/mol. The van der Waals surface area contributed by atoms with Crippen molar-refractivity contribution < 1.29 is 14.7 Å². The second-order valence-electron chi connectivity index (χ2n) is 17.7. The summed E-state index contributed by atoms with van der Waals surface area (Å²) in [5.74, 6) is 0.310. The van der Waals surface area contributed by atoms with Crippen LogP contribution in [0.4, 0.5) is 11.9 Å². The smallest absolute Gasteiger partial charge is 0.323 e. The molecule has 0 atom stereocenters. The van der Waals surface area contributed by atoms with Crippen LogP contribution >= 0.6 is 0 Å². The molecule has 0 spiro atoms. The molecule has 6 aromatic carbocycles. The van der Waals surface area contributed by atoms with E-state index in [-0.39, 0.29) is 23.6 Å². The lowest BCUT2D eigenvalue weighted by Crippen LogP contribution is -2.34. The van der Waals surface area contributed by atoms with E-state index in [1.807, 2.05) is 133 Å². The summed E-state index contributed by atoms with van der Waals surface area (Å²) in [6.45, 7) is 0.326. The van der Waals surface area contributed by atoms with Crippen molar-refractivity contribution in [2.24, 2.45) is 5.73 Å². The van der Waals surface area contributed by atoms with Gasteiger partial charge in [0.05, 0.1) is 22.1 Å². The Balaban J connectivity index is 0.000000169. The lowest BCUT2D eigenvalue weighted by molar-refractivity contribution is -0.137. The van der Waals surface area contributed by atoms with Crippen LogP contribution in [-0.2, 0) is 61.5 Å². The Hall–Kier alpha value is -9.48. The molecule has 0 aliphatic rings. The largest absolute Gasteiger partial charge is 0.480 e. The minimum Gasteiger partial charge on any atom is -0.480 e. The van der Waals surface area contributed by atoms with Gasteiger partial charge in [0.15, 0.2) is 11.9 Å². The number of hydrogen-bond acceptors (Lipinski definition) is 11. The predicted molar refractivity (Wildman–Crippen MR) is 293 cm³/mol. The van der Waals surface area contributed by atoms with Gasteiger partial charge in [0.25, 0.3) is 11.1 Å². The average Bonchev–Trinajstić information content (AvgIpc) is 4.01. The number of carbonyl (C=O) groups excluding carboxylic acids is 1. The number of H-pyrrole nitrogens is 2. The van der Waals surface area contributed by atoms with Gasteiger partial charge >= 0.3 is 5.97 Å². The van der Waals surface area contributed by atoms with Gasteiger partial charge in [-0.15, -0.1) is 0 Å². The van der Waals surface area contributed by atoms with E-state index in [0.29, 0.717) is 60.6 Å². The number of nitrogens with two attached hydrogens (primary N) is 3. The molecule has 0 bridgehead atoms. The third kappa shape index (κ3) is 14.1. The first kappa shape index (κ1) is 51.9. The molecule has 0 saturated heterocycles. The lowest BCUT2D eigenvalue weighted by atomic mass is 10.1. The van der Waals surface area contributed by atoms with Gasteiger partial charge in [0.1, 0.15) is 24.7 Å². The number of carboxylic acids is 1. The van der Waals surface area contributed by atoms with Crippen LogP contribution in [0.2, 0.25) is 0 Å². The molecule has 4 aromatic heterocycles. The van der Waals surface area contributed by atoms with Gasteiger partial charge in [0, 0.05) is 47.7 Å². The lowest BCUT2D eigenvalue weighted by Gasteiger charge is -2.14. The Kier molecular flexibility index (Phi) is 17.5. The number of carbonyl (C=O) groups is 2. The number of aromatic amines is 2. The minimum atomic E-state index is -1.06. The topological polar surface area (TPSA) is 272 Å². The van der Waals surface area contributed by atoms with Crippen LogP contribution in [0.15, 0.2) is 180 Å². The fraction of sp³-hybridized carbons (Fsp3) is 0.172. The average molecular weight is 1000 g/mol. The number of hydrogen-bond donors (Lipinski definition) is 7. The number of nitrogens with one attached hydrogen (secondary N) is 3. The molecule has 17 nitrogen and oxygen atoms in total. The monoisotopic (exact) mass is 1000 g/mol. The maximum atomic E-state index is 13.5. The first-order valence-electron chi connectivity index (χ1n) is 24.5. The van der Waals surface area contributed by atoms with Crippen LogP contribution in [0, 0.1) is 0 Å². The molecule has 75 heavy (non-hydrogen) atoms. The van der Waals surface area contributed by atoms with Gasteiger partial charge in [-0.1, -0.05) is 133 Å². The maximum absolute atomic E-state index is 13.5. The van der Waals surface area contributed by atoms with Gasteiger partial charge in [-0.25, -0.2) is 19.9 Å². The summed E-state index contributed by atoms with van der Waals surface area (Å²) in [4.78, 5) is 73.7. The summed E-state index contributed by atoms with van der Waals surface area (Å²) in [5.41, 5.74) is 26.7. The van der Waals surface area contributed by atoms with Gasteiger partial charge < -0.3 is 37.6 Å². The van der Waals surface area contributed by atoms with Crippen molar-refractivity contribution in [3.63, 3.8) is 0 Å². The number of nitrogens with zero attached hydrogens (tertiary/aromatic N) is 6. The van der Waals surface area contributed by atoms with E-state index < -0.39 is 12.5 Å². The number of benzene rings is 6. The summed E-state index contributed by atoms with van der Waals surface area (Å²) in [5, 5.41) is 12.1. The predicted octanol–water partition coefficient (Wildman–Crippen LogP) is 7.63. The van der Waals surface area contributed by atoms with Gasteiger partial charge in [-0.3, -0.25) is 28.3 Å². The van der Waals surface area contributed by atoms with Gasteiger partial charge in [-0.05, 0) is 85.0 Å². The quantitative estimate of drug-likeness (QED) is 0.0464. The van der Waals surface area contributed by atoms with Crippen molar-refractivity contribution in [1.82, 2.24) is 44.4 Å². The molecule has 0 radical (unpaired) electrons. The van der Waals surface area contributed by atoms with Crippen molar-refractivity contribution >= 4 is 45.8 Å². The fourth-order valence-corrected chi connectivity index (χ4v) is 8.52. The van der Waals surface area contributed by atoms with E-state index in [0.717, 1.165) is 70.0 Å². The fourth-order valence-electron chi connectivity index (χ4n) is 8.52. The zero-order valence-electron chi connectivity index (χ0n) is 41.2. The zero-order chi connectivity index (χ0) is 52.5. The summed E-state index contributed by atoms with van der Waals surface area (Å²) in [6, 6.07) is 50.3. The molecule has 10 aromatic rings. The number of rotatable bonds is 17. The molecule has 17 heteroatoms. The highest BCUT2D eigenvalue weighted by Gasteiger charge is 2.17. The third-order valence-corrected chi connectivity index (χ3v) is 12.3. The molecule has 380 valence electrons. The molecular formula is C58H58N12O5. The molecule has 10 N–H and O–H groups in total. The normalized spacial score (nSPS) is 10.8. The third-order valence-electron chi connectivity index (χ3n) is 12.3. The highest BCUT2D eigenvalue weighted by molar-refractivity contribution is 5.79. The van der Waals surface area contributed by atoms with Crippen LogP contribution in [-0.4, -0.2) is 56.0 Å². The number of fused-ring (bicyclic) bond motifs is 2. The number of aryl methyl sites for hydroxylation is 4. The number of carboxylic acid groups (broad SMARTS) is 1. The Morgan fingerprint density at radius 2 is 0.960 bits per heavy atom. The second kappa shape index (κ2) is 25.3. The highest BCUT2D eigenvalue weighted by Crippen LogP contribution is 2.19. The number of imidazole rings is 2. The van der Waals surface area contributed by atoms with Gasteiger partial charge in [-0.2, -0.15) is 0 Å². The standard InChI is InChI=1S/C29H28N6O2.C21H20N2O3.C8H10N4/c30-29-33-24-15-14-21(16-25(24)34-29)17-31-26(36)19-35-27(22-11-5-2-6-12-22)32-18-23(28(35)37)13-7-10-20-8-3-1-4-9-20;24-19(25)15-23-20(17-11-5-2-6-12-17)22-14-18(21(23)26)13-7-10-16-8-3-1-4-9-16;9-4-5-1-2-6-7(3-5)12-8(10)11-6/h1-6,8-9,11-12,14-16,18H,7,10,13,17,19H2,(H,31,36)(H3,30,33,34);1-6,8-9,11-12,14H,7,10,13,15H2,(H,24,25);1-3H,4,9H2,(H3,10,11,12). The Bertz CT molecular complexity index is 3620. The molecule has 0 unspecified atom stereocenters. The number of amides is 1. The number of anilines is 2. The van der Waals surface area contributed by atoms with Crippen LogP contribution in [0.1, 0.15) is 46.2 Å². The van der Waals surface area contributed by atoms with Crippen molar-refractivity contribution in [2.45, 2.75) is 64.7 Å². The molecule has 0 saturated carbocycles. The van der Waals surface area contributed by atoms with Crippen molar-refractivity contribution in [3.05, 3.63) is 224 Å². The second-order valence-corrected chi connectivity index (χ2v) is 17.7. The Morgan fingerprint density at radius 3 is 1.41 bits per heavy atom. The van der Waals surface area contributed by atoms with Crippen molar-refractivity contribution in [3.8, 4) is 22.8 Å². The summed E-state index contributed by atoms with van der Waals surface area (Å²) >= 11 is 0. The number of nitrogen functional groups attached to an aromatic ring is 2. The van der Waals surface area contributed by atoms with Crippen LogP contribution in [0.3, 0.4) is 0 Å². The van der Waals surface area contributed by atoms with E-state index in [1.165, 1.54) is 20.3 Å². The van der Waals surface area contributed by atoms with Crippen LogP contribution in [0.5, 0.6) is 0 Å². The van der Waals surface area contributed by atoms with E-state index in [1.54, 1.807) is 12.4 Å². The minimum absolute atomic E-state index is 0.123. The molecule has 0 aliphatic carbocycles. The number of aliphatic carboxylic acids is 1. The Morgan fingerprint density at radius 1 is 0.533 bits per heavy atom. The van der Waals surface area contributed by atoms with Crippen LogP contribution < -0.4 is 33.6 Å². The molecule has 10 rings (SSSR count). The van der Waals surface area contributed by atoms with E-state index in [4.69, 9.17) is 17.2 Å². The summed E-state index contributed by atoms with van der Waals surface area (Å²) in [7, 11) is 0. The maximum Gasteiger partial charge on any atom is 0.323 e. The van der Waals surface area contributed by atoms with Crippen LogP contribution in [0.25, 0.3) is 44.8 Å². The number of aromatic nitrogens is 8. The highest BCUT2D eigenvalue weighted by atomic mass is 16.4. The zero-order valence-corrected chi connectivity index (χ0v) is 41.2. The molecule has 1 amide bonds. The Labute approximate surface area is 432 Å². The summed E-state index contributed by atoms with van der Waals surface area (Å²) in [6.07, 6.45) is 7.73. The molecule has 0 aliphatic heterocycles. The first-order valence-corrected chi connectivity index (χ1v) is 24.5. The van der Waals surface area contributed by atoms with E-state index in [2.05, 4.69) is 59.5 Å². The first-order chi connectivity index (χ1) is 36.5. The van der Waals surface area contributed by atoms with Crippen molar-refractivity contribution in [2.75, 3.05) is 11.5 Å². The van der Waals surface area contributed by atoms with Crippen molar-refractivity contribution in [1.29, 1.82) is 0 Å². The molecule has 0 fully saturated rings. The van der Waals surface area contributed by atoms with Gasteiger partial charge in [0.2, 0.25) is 5.91 Å².